The summed E-state index contributed by atoms with van der Waals surface area (Å²) >= 11 is 0. The van der Waals surface area contributed by atoms with Gasteiger partial charge in [0.15, 0.2) is 0 Å². The third-order valence-corrected chi connectivity index (χ3v) is 5.77. The molecule has 1 aliphatic carbocycles. The quantitative estimate of drug-likeness (QED) is 0.294. The average molecular weight is 474 g/mol. The number of hydrogen-bond acceptors (Lipinski definition) is 6. The van der Waals surface area contributed by atoms with Crippen LogP contribution >= 0.6 is 0 Å². The first-order valence-corrected chi connectivity index (χ1v) is 13.2. The molecular formula is C26H51NO6. The van der Waals surface area contributed by atoms with Gasteiger partial charge in [0, 0.05) is 24.3 Å². The molecule has 1 fully saturated rings. The molecule has 1 saturated carbocycles. The van der Waals surface area contributed by atoms with Crippen LogP contribution in [0.15, 0.2) is 0 Å². The summed E-state index contributed by atoms with van der Waals surface area (Å²) in [5, 5.41) is 3.07. The predicted octanol–water partition coefficient (Wildman–Crippen LogP) is 4.56. The Balaban J connectivity index is 0.00000497. The van der Waals surface area contributed by atoms with E-state index in [0.29, 0.717) is 64.6 Å². The Labute approximate surface area is 202 Å². The maximum Gasteiger partial charge on any atom is 0.222 e. The Bertz CT molecular complexity index is 473. The topological polar surface area (TPSA) is 83.1 Å². The first-order valence-electron chi connectivity index (χ1n) is 13.2. The molecule has 0 spiro atoms. The molecular weight excluding hydrogens is 422 g/mol. The van der Waals surface area contributed by atoms with Crippen LogP contribution in [0.4, 0.5) is 0 Å². The maximum atomic E-state index is 12.1. The zero-order valence-electron chi connectivity index (χ0n) is 22.2. The molecule has 1 amide bonds. The molecule has 0 radical (unpaired) electrons. The monoisotopic (exact) mass is 473 g/mol. The molecule has 1 rings (SSSR count). The second-order valence-electron chi connectivity index (χ2n) is 8.57. The van der Waals surface area contributed by atoms with Gasteiger partial charge in [-0.3, -0.25) is 9.59 Å². The summed E-state index contributed by atoms with van der Waals surface area (Å²) in [6.45, 7) is 15.8. The van der Waals surface area contributed by atoms with E-state index in [2.05, 4.69) is 19.2 Å². The third kappa shape index (κ3) is 16.3. The molecule has 33 heavy (non-hydrogen) atoms. The Hall–Kier alpha value is -1.02. The lowest BCUT2D eigenvalue weighted by atomic mass is 9.80. The highest BCUT2D eigenvalue weighted by atomic mass is 16.6. The fourth-order valence-electron chi connectivity index (χ4n) is 3.80. The van der Waals surface area contributed by atoms with E-state index in [0.717, 1.165) is 38.5 Å². The lowest BCUT2D eigenvalue weighted by molar-refractivity contribution is -0.127. The van der Waals surface area contributed by atoms with Crippen LogP contribution in [0.25, 0.3) is 0 Å². The molecule has 0 unspecified atom stereocenters. The minimum Gasteiger partial charge on any atom is -0.379 e. The van der Waals surface area contributed by atoms with Gasteiger partial charge in [-0.25, -0.2) is 0 Å². The van der Waals surface area contributed by atoms with Crippen molar-refractivity contribution in [1.82, 2.24) is 5.32 Å². The predicted molar refractivity (Wildman–Crippen MR) is 132 cm³/mol. The summed E-state index contributed by atoms with van der Waals surface area (Å²) in [5.41, 5.74) is 0. The van der Waals surface area contributed by atoms with E-state index in [1.165, 1.54) is 0 Å². The molecule has 0 aromatic rings. The average Bonchev–Trinajstić information content (AvgIpc) is 2.83. The first-order chi connectivity index (χ1) is 16.0. The van der Waals surface area contributed by atoms with Gasteiger partial charge >= 0.3 is 0 Å². The van der Waals surface area contributed by atoms with E-state index in [1.54, 1.807) is 0 Å². The zero-order valence-corrected chi connectivity index (χ0v) is 22.2. The molecule has 0 aromatic heterocycles. The second-order valence-corrected chi connectivity index (χ2v) is 8.57. The number of nitrogens with one attached hydrogen (secondary N) is 1. The molecule has 0 heterocycles. The van der Waals surface area contributed by atoms with E-state index >= 15 is 0 Å². The molecule has 0 aromatic carbocycles. The second kappa shape index (κ2) is 21.5. The molecule has 1 aliphatic rings. The highest BCUT2D eigenvalue weighted by Gasteiger charge is 2.28. The summed E-state index contributed by atoms with van der Waals surface area (Å²) in [6, 6.07) is 0.187. The summed E-state index contributed by atoms with van der Waals surface area (Å²) in [6.07, 6.45) is 6.27. The minimum absolute atomic E-state index is 0.0172. The Morgan fingerprint density at radius 2 is 1.27 bits per heavy atom. The molecule has 0 atom stereocenters. The van der Waals surface area contributed by atoms with Crippen molar-refractivity contribution in [2.24, 2.45) is 11.8 Å². The molecule has 1 N–H and O–H groups in total. The summed E-state index contributed by atoms with van der Waals surface area (Å²) < 4.78 is 22.1. The van der Waals surface area contributed by atoms with Gasteiger partial charge in [0.25, 0.3) is 0 Å². The molecule has 7 heteroatoms. The van der Waals surface area contributed by atoms with E-state index in [1.807, 2.05) is 27.7 Å². The number of ketones is 1. The smallest absolute Gasteiger partial charge is 0.222 e. The van der Waals surface area contributed by atoms with Crippen molar-refractivity contribution in [3.8, 4) is 0 Å². The zero-order chi connectivity index (χ0) is 24.9. The van der Waals surface area contributed by atoms with Gasteiger partial charge < -0.3 is 24.3 Å². The van der Waals surface area contributed by atoms with Crippen LogP contribution in [0.5, 0.6) is 0 Å². The van der Waals surface area contributed by atoms with Gasteiger partial charge in [0.2, 0.25) is 5.91 Å². The van der Waals surface area contributed by atoms with Gasteiger partial charge in [0.1, 0.15) is 5.78 Å². The Morgan fingerprint density at radius 1 is 0.788 bits per heavy atom. The number of amides is 1. The van der Waals surface area contributed by atoms with Crippen LogP contribution in [0, 0.1) is 11.8 Å². The Kier molecular flexibility index (Phi) is 20.8. The van der Waals surface area contributed by atoms with Gasteiger partial charge in [0.05, 0.1) is 52.4 Å². The van der Waals surface area contributed by atoms with Crippen LogP contribution in [-0.4, -0.2) is 70.1 Å². The van der Waals surface area contributed by atoms with Crippen molar-refractivity contribution >= 4 is 11.7 Å². The third-order valence-electron chi connectivity index (χ3n) is 5.77. The largest absolute Gasteiger partial charge is 0.379 e. The van der Waals surface area contributed by atoms with Crippen molar-refractivity contribution in [1.29, 1.82) is 0 Å². The van der Waals surface area contributed by atoms with Gasteiger partial charge in [-0.15, -0.1) is 0 Å². The summed E-state index contributed by atoms with van der Waals surface area (Å²) in [7, 11) is 0. The number of rotatable bonds is 18. The normalized spacial score (nSPS) is 18.2. The van der Waals surface area contributed by atoms with Gasteiger partial charge in [-0.1, -0.05) is 41.5 Å². The van der Waals surface area contributed by atoms with Crippen molar-refractivity contribution in [3.63, 3.8) is 0 Å². The first kappa shape index (κ1) is 32.0. The van der Waals surface area contributed by atoms with Crippen LogP contribution in [0.1, 0.15) is 86.5 Å². The number of hydrogen-bond donors (Lipinski definition) is 1. The number of Topliss-reactive ketones (excluding diaryl/α,β-unsaturated/α-hetero) is 1. The van der Waals surface area contributed by atoms with Crippen LogP contribution in [0.2, 0.25) is 0 Å². The molecule has 0 saturated heterocycles. The standard InChI is InChI=1S/C24H45NO6.C2H6/c1-5-22(6-2)31-18-17-30-16-15-29-14-13-28-12-11-23(26)25-21-9-7-20(8-10-21)24(27)19(3)4;1-2/h19-22H,5-18H2,1-4H3,(H,25,26);1-2H3. The van der Waals surface area contributed by atoms with Gasteiger partial charge in [-0.2, -0.15) is 0 Å². The SMILES string of the molecule is CC.CCC(CC)OCCOCCOCCOCCC(=O)NC1CCC(C(=O)C(C)C)CC1. The summed E-state index contributed by atoms with van der Waals surface area (Å²) in [5.74, 6) is 0.648. The Morgan fingerprint density at radius 3 is 1.76 bits per heavy atom. The minimum atomic E-state index is 0.0172. The van der Waals surface area contributed by atoms with Crippen LogP contribution in [-0.2, 0) is 28.5 Å². The molecule has 0 bridgehead atoms. The van der Waals surface area contributed by atoms with Gasteiger partial charge in [-0.05, 0) is 38.5 Å². The fraction of sp³-hybridized carbons (Fsp3) is 0.923. The van der Waals surface area contributed by atoms with Crippen molar-refractivity contribution < 1.29 is 28.5 Å². The number of carbonyl (C=O) groups excluding carboxylic acids is 2. The van der Waals surface area contributed by atoms with Crippen LogP contribution < -0.4 is 5.32 Å². The van der Waals surface area contributed by atoms with Crippen molar-refractivity contribution in [2.75, 3.05) is 46.2 Å². The molecule has 196 valence electrons. The number of carbonyl (C=O) groups is 2. The van der Waals surface area contributed by atoms with Crippen molar-refractivity contribution in [2.45, 2.75) is 98.6 Å². The van der Waals surface area contributed by atoms with E-state index in [9.17, 15) is 9.59 Å². The molecule has 7 nitrogen and oxygen atoms in total. The maximum absolute atomic E-state index is 12.1. The highest BCUT2D eigenvalue weighted by molar-refractivity contribution is 5.83. The highest BCUT2D eigenvalue weighted by Crippen LogP contribution is 2.27. The fourth-order valence-corrected chi connectivity index (χ4v) is 3.80. The van der Waals surface area contributed by atoms with Crippen LogP contribution in [0.3, 0.4) is 0 Å². The lowest BCUT2D eigenvalue weighted by Gasteiger charge is -2.29. The van der Waals surface area contributed by atoms with E-state index in [-0.39, 0.29) is 23.8 Å². The van der Waals surface area contributed by atoms with E-state index < -0.39 is 0 Å². The summed E-state index contributed by atoms with van der Waals surface area (Å²) in [4.78, 5) is 24.1. The molecule has 0 aliphatic heterocycles. The number of ether oxygens (including phenoxy) is 4. The van der Waals surface area contributed by atoms with E-state index in [4.69, 9.17) is 18.9 Å². The van der Waals surface area contributed by atoms with Crippen molar-refractivity contribution in [3.05, 3.63) is 0 Å². The lowest BCUT2D eigenvalue weighted by Crippen LogP contribution is -2.39.